The normalized spacial score (nSPS) is 12.5. The van der Waals surface area contributed by atoms with Crippen LogP contribution in [0, 0.1) is 0 Å². The summed E-state index contributed by atoms with van der Waals surface area (Å²) in [5.74, 6) is -0.766. The van der Waals surface area contributed by atoms with E-state index >= 15 is 0 Å². The fraction of sp³-hybridized carbons (Fsp3) is 0.806. The summed E-state index contributed by atoms with van der Waals surface area (Å²) < 4.78 is 5.82. The lowest BCUT2D eigenvalue weighted by molar-refractivity contribution is -0.147. The van der Waals surface area contributed by atoms with Crippen molar-refractivity contribution in [3.05, 3.63) is 24.3 Å². The highest BCUT2D eigenvalue weighted by atomic mass is 16.5. The number of carboxylic acid groups (broad SMARTS) is 1. The Kier molecular flexibility index (Phi) is 25.8. The highest BCUT2D eigenvalue weighted by molar-refractivity contribution is 5.69. The Morgan fingerprint density at radius 3 is 1.83 bits per heavy atom. The number of ether oxygens (including phenoxy) is 1. The molecule has 0 saturated heterocycles. The van der Waals surface area contributed by atoms with Crippen molar-refractivity contribution in [3.8, 4) is 0 Å². The summed E-state index contributed by atoms with van der Waals surface area (Å²) in [6.07, 6.45) is 32.0. The molecule has 0 saturated carbocycles. The lowest BCUT2D eigenvalue weighted by Gasteiger charge is -2.14. The van der Waals surface area contributed by atoms with Crippen molar-refractivity contribution in [3.63, 3.8) is 0 Å². The molecule has 0 aliphatic carbocycles. The van der Waals surface area contributed by atoms with Gasteiger partial charge in [0.05, 0.1) is 0 Å². The van der Waals surface area contributed by atoms with Gasteiger partial charge in [0.25, 0.3) is 0 Å². The molecule has 1 N–H and O–H groups in total. The third-order valence-corrected chi connectivity index (χ3v) is 6.41. The van der Waals surface area contributed by atoms with Crippen molar-refractivity contribution in [1.29, 1.82) is 0 Å². The number of unbranched alkanes of at least 4 members (excludes halogenated alkanes) is 15. The molecule has 0 aliphatic rings. The maximum atomic E-state index is 12.4. The molecule has 0 aromatic rings. The van der Waals surface area contributed by atoms with E-state index < -0.39 is 5.97 Å². The van der Waals surface area contributed by atoms with Crippen molar-refractivity contribution in [2.45, 2.75) is 161 Å². The predicted octanol–water partition coefficient (Wildman–Crippen LogP) is 9.72. The van der Waals surface area contributed by atoms with Gasteiger partial charge in [-0.2, -0.15) is 0 Å². The molecular weight excluding hydrogens is 436 g/mol. The Balaban J connectivity index is 4.25. The van der Waals surface area contributed by atoms with Gasteiger partial charge in [-0.1, -0.05) is 116 Å². The second-order valence-corrected chi connectivity index (χ2v) is 9.94. The van der Waals surface area contributed by atoms with Crippen LogP contribution in [0.3, 0.4) is 0 Å². The standard InChI is InChI=1S/C31H56O4/c1-3-5-7-9-11-12-14-17-21-25-29(26-22-18-15-16-19-23-27-30(32)33)35-31(34)28-24-20-13-10-8-6-4-2/h12,14,21,25,29H,3-11,13,15-20,22-24,26-28H2,1-2H3,(H,32,33)/b14-12-,25-21-. The largest absolute Gasteiger partial charge is 0.481 e. The van der Waals surface area contributed by atoms with E-state index in [4.69, 9.17) is 9.84 Å². The van der Waals surface area contributed by atoms with Gasteiger partial charge in [-0.05, 0) is 51.0 Å². The highest BCUT2D eigenvalue weighted by Gasteiger charge is 2.11. The molecular formula is C31H56O4. The number of hydrogen-bond donors (Lipinski definition) is 1. The van der Waals surface area contributed by atoms with E-state index in [1.807, 2.05) is 0 Å². The molecule has 4 heteroatoms. The van der Waals surface area contributed by atoms with Gasteiger partial charge in [-0.25, -0.2) is 0 Å². The topological polar surface area (TPSA) is 63.6 Å². The Bertz CT molecular complexity index is 538. The van der Waals surface area contributed by atoms with Crippen molar-refractivity contribution in [2.24, 2.45) is 0 Å². The van der Waals surface area contributed by atoms with Crippen LogP contribution in [0.5, 0.6) is 0 Å². The summed E-state index contributed by atoms with van der Waals surface area (Å²) >= 11 is 0. The van der Waals surface area contributed by atoms with Crippen LogP contribution in [0.4, 0.5) is 0 Å². The molecule has 204 valence electrons. The maximum absolute atomic E-state index is 12.4. The SMILES string of the molecule is CCCCCC/C=C\C/C=C\C(CCCCCCCCC(=O)O)OC(=O)CCCCCCCCC. The van der Waals surface area contributed by atoms with Gasteiger partial charge in [0, 0.05) is 12.8 Å². The summed E-state index contributed by atoms with van der Waals surface area (Å²) in [6.45, 7) is 4.47. The van der Waals surface area contributed by atoms with Gasteiger partial charge in [0.1, 0.15) is 6.10 Å². The van der Waals surface area contributed by atoms with Crippen LogP contribution in [0.25, 0.3) is 0 Å². The smallest absolute Gasteiger partial charge is 0.306 e. The molecule has 0 heterocycles. The third kappa shape index (κ3) is 26.9. The quantitative estimate of drug-likeness (QED) is 0.0741. The molecule has 35 heavy (non-hydrogen) atoms. The van der Waals surface area contributed by atoms with Gasteiger partial charge >= 0.3 is 11.9 Å². The predicted molar refractivity (Wildman–Crippen MR) is 149 cm³/mol. The Hall–Kier alpha value is -1.58. The first kappa shape index (κ1) is 33.4. The van der Waals surface area contributed by atoms with E-state index in [1.54, 1.807) is 0 Å². The van der Waals surface area contributed by atoms with Crippen molar-refractivity contribution < 1.29 is 19.4 Å². The summed E-state index contributed by atoms with van der Waals surface area (Å²) in [7, 11) is 0. The molecule has 0 spiro atoms. The number of carbonyl (C=O) groups excluding carboxylic acids is 1. The molecule has 1 atom stereocenters. The van der Waals surface area contributed by atoms with Crippen LogP contribution in [-0.4, -0.2) is 23.1 Å². The first-order chi connectivity index (χ1) is 17.1. The molecule has 0 aromatic heterocycles. The number of esters is 1. The van der Waals surface area contributed by atoms with E-state index in [0.717, 1.165) is 70.6 Å². The zero-order valence-electron chi connectivity index (χ0n) is 23.1. The lowest BCUT2D eigenvalue weighted by Crippen LogP contribution is -2.16. The second-order valence-electron chi connectivity index (χ2n) is 9.94. The van der Waals surface area contributed by atoms with E-state index in [2.05, 4.69) is 38.2 Å². The Morgan fingerprint density at radius 1 is 0.657 bits per heavy atom. The van der Waals surface area contributed by atoms with Crippen molar-refractivity contribution >= 4 is 11.9 Å². The van der Waals surface area contributed by atoms with E-state index in [1.165, 1.54) is 57.8 Å². The molecule has 0 fully saturated rings. The number of allylic oxidation sites excluding steroid dienone is 3. The molecule has 0 bridgehead atoms. The second kappa shape index (κ2) is 27.0. The minimum Gasteiger partial charge on any atom is -0.481 e. The highest BCUT2D eigenvalue weighted by Crippen LogP contribution is 2.15. The van der Waals surface area contributed by atoms with Gasteiger partial charge < -0.3 is 9.84 Å². The molecule has 0 rings (SSSR count). The van der Waals surface area contributed by atoms with Crippen LogP contribution >= 0.6 is 0 Å². The summed E-state index contributed by atoms with van der Waals surface area (Å²) in [6, 6.07) is 0. The van der Waals surface area contributed by atoms with Crippen LogP contribution in [0.1, 0.15) is 155 Å². The minimum atomic E-state index is -0.704. The van der Waals surface area contributed by atoms with Crippen LogP contribution in [-0.2, 0) is 14.3 Å². The van der Waals surface area contributed by atoms with Gasteiger partial charge in [-0.3, -0.25) is 9.59 Å². The molecule has 4 nitrogen and oxygen atoms in total. The average Bonchev–Trinajstić information content (AvgIpc) is 2.83. The molecule has 0 radical (unpaired) electrons. The lowest BCUT2D eigenvalue weighted by atomic mass is 10.1. The van der Waals surface area contributed by atoms with Crippen molar-refractivity contribution in [1.82, 2.24) is 0 Å². The maximum Gasteiger partial charge on any atom is 0.306 e. The first-order valence-corrected chi connectivity index (χ1v) is 14.8. The fourth-order valence-electron chi connectivity index (χ4n) is 4.19. The Labute approximate surface area is 217 Å². The van der Waals surface area contributed by atoms with Crippen LogP contribution in [0.2, 0.25) is 0 Å². The number of hydrogen-bond acceptors (Lipinski definition) is 3. The van der Waals surface area contributed by atoms with Crippen molar-refractivity contribution in [2.75, 3.05) is 0 Å². The van der Waals surface area contributed by atoms with E-state index in [-0.39, 0.29) is 18.5 Å². The zero-order chi connectivity index (χ0) is 25.8. The minimum absolute atomic E-state index is 0.0617. The van der Waals surface area contributed by atoms with Crippen LogP contribution < -0.4 is 0 Å². The molecule has 1 unspecified atom stereocenters. The monoisotopic (exact) mass is 492 g/mol. The number of carbonyl (C=O) groups is 2. The summed E-state index contributed by atoms with van der Waals surface area (Å²) in [4.78, 5) is 23.0. The fourth-order valence-corrected chi connectivity index (χ4v) is 4.19. The van der Waals surface area contributed by atoms with E-state index in [9.17, 15) is 9.59 Å². The molecule has 0 aliphatic heterocycles. The number of carboxylic acids is 1. The van der Waals surface area contributed by atoms with Gasteiger partial charge in [-0.15, -0.1) is 0 Å². The van der Waals surface area contributed by atoms with Crippen LogP contribution in [0.15, 0.2) is 24.3 Å². The van der Waals surface area contributed by atoms with Gasteiger partial charge in [0.15, 0.2) is 0 Å². The number of aliphatic carboxylic acids is 1. The van der Waals surface area contributed by atoms with Gasteiger partial charge in [0.2, 0.25) is 0 Å². The Morgan fingerprint density at radius 2 is 1.20 bits per heavy atom. The third-order valence-electron chi connectivity index (χ3n) is 6.41. The number of rotatable bonds is 26. The average molecular weight is 493 g/mol. The summed E-state index contributed by atoms with van der Waals surface area (Å²) in [5.41, 5.74) is 0. The first-order valence-electron chi connectivity index (χ1n) is 14.8. The molecule has 0 amide bonds. The summed E-state index contributed by atoms with van der Waals surface area (Å²) in [5, 5.41) is 8.71. The zero-order valence-corrected chi connectivity index (χ0v) is 23.1. The van der Waals surface area contributed by atoms with E-state index in [0.29, 0.717) is 6.42 Å². The molecule has 0 aromatic carbocycles.